The second-order valence-electron chi connectivity index (χ2n) is 13.1. The van der Waals surface area contributed by atoms with Gasteiger partial charge in [-0.05, 0) is 54.5 Å². The first kappa shape index (κ1) is 33.3. The number of amides is 6. The second kappa shape index (κ2) is 15.1. The van der Waals surface area contributed by atoms with E-state index in [4.69, 9.17) is 5.10 Å². The van der Waals surface area contributed by atoms with Crippen molar-refractivity contribution in [3.8, 4) is 0 Å². The summed E-state index contributed by atoms with van der Waals surface area (Å²) in [6.07, 6.45) is 14.7. The lowest BCUT2D eigenvalue weighted by Gasteiger charge is -2.36. The molecule has 0 spiro atoms. The number of nitrogens with one attached hydrogen (secondary N) is 1. The lowest BCUT2D eigenvalue weighted by atomic mass is 9.88. The minimum atomic E-state index is -0.264. The van der Waals surface area contributed by atoms with Crippen LogP contribution in [0.2, 0.25) is 0 Å². The van der Waals surface area contributed by atoms with Gasteiger partial charge in [0.25, 0.3) is 11.8 Å². The van der Waals surface area contributed by atoms with Gasteiger partial charge in [0.1, 0.15) is 0 Å². The van der Waals surface area contributed by atoms with Crippen LogP contribution in [0, 0.1) is 5.92 Å². The van der Waals surface area contributed by atoms with Crippen molar-refractivity contribution >= 4 is 35.4 Å². The third-order valence-corrected chi connectivity index (χ3v) is 9.75. The maximum atomic E-state index is 12.9. The van der Waals surface area contributed by atoms with Gasteiger partial charge in [0, 0.05) is 101 Å². The third kappa shape index (κ3) is 7.89. The zero-order valence-electron chi connectivity index (χ0n) is 27.6. The molecule has 254 valence electrons. The van der Waals surface area contributed by atoms with Crippen molar-refractivity contribution in [2.24, 2.45) is 11.0 Å². The van der Waals surface area contributed by atoms with Gasteiger partial charge < -0.3 is 15.1 Å². The largest absolute Gasteiger partial charge is 0.340 e. The summed E-state index contributed by atoms with van der Waals surface area (Å²) in [4.78, 5) is 73.2. The van der Waals surface area contributed by atoms with E-state index in [1.165, 1.54) is 17.1 Å². The van der Waals surface area contributed by atoms with E-state index in [1.807, 2.05) is 36.2 Å². The number of hydrazone groups is 1. The number of hydrogen-bond acceptors (Lipinski definition) is 8. The highest BCUT2D eigenvalue weighted by molar-refractivity contribution is 6.12. The summed E-state index contributed by atoms with van der Waals surface area (Å²) in [5.41, 5.74) is 5.12. The lowest BCUT2D eigenvalue weighted by molar-refractivity contribution is -0.137. The van der Waals surface area contributed by atoms with Crippen molar-refractivity contribution in [3.05, 3.63) is 65.2 Å². The van der Waals surface area contributed by atoms with Gasteiger partial charge in [-0.15, -0.1) is 0 Å². The summed E-state index contributed by atoms with van der Waals surface area (Å²) in [7, 11) is 0. The Morgan fingerprint density at radius 2 is 1.65 bits per heavy atom. The number of pyridine rings is 1. The van der Waals surface area contributed by atoms with Crippen molar-refractivity contribution in [1.82, 2.24) is 34.9 Å². The van der Waals surface area contributed by atoms with E-state index < -0.39 is 0 Å². The minimum Gasteiger partial charge on any atom is -0.340 e. The van der Waals surface area contributed by atoms with Crippen LogP contribution in [0.1, 0.15) is 63.0 Å². The van der Waals surface area contributed by atoms with Crippen LogP contribution in [0.5, 0.6) is 0 Å². The van der Waals surface area contributed by atoms with E-state index in [9.17, 15) is 24.0 Å². The molecule has 1 atom stereocenters. The standard InChI is InChI=1S/C35H44N8O5/c1-25-21-33(47)43(20-17-39-15-18-40(19-16-39)30(44)5-3-2-4-14-42-31(45)10-11-32(42)46)38-34(25)26-6-8-29(9-7-26)37-35(48)41-23-27-12-13-36-22-28(27)24-41/h6,8,10-13,22,25H,2-5,7,9,14-21,23-24H2,1H3,(H,37,48). The van der Waals surface area contributed by atoms with Crippen LogP contribution in [0.3, 0.4) is 0 Å². The Labute approximate surface area is 281 Å². The van der Waals surface area contributed by atoms with Crippen LogP contribution in [0.25, 0.3) is 0 Å². The molecule has 0 bridgehead atoms. The van der Waals surface area contributed by atoms with Crippen LogP contribution in [0.4, 0.5) is 4.79 Å². The number of aromatic nitrogens is 1. The molecule has 6 amide bonds. The van der Waals surface area contributed by atoms with Gasteiger partial charge in [0.05, 0.1) is 12.3 Å². The zero-order valence-corrected chi connectivity index (χ0v) is 27.6. The number of nitrogens with zero attached hydrogens (tertiary/aromatic N) is 7. The summed E-state index contributed by atoms with van der Waals surface area (Å²) in [6.45, 7) is 7.56. The molecule has 13 heteroatoms. The molecule has 0 aromatic carbocycles. The van der Waals surface area contributed by atoms with E-state index in [1.54, 1.807) is 16.1 Å². The molecule has 1 aromatic rings. The molecule has 1 fully saturated rings. The number of carbonyl (C=O) groups is 5. The molecule has 0 radical (unpaired) electrons. The average Bonchev–Trinajstić information content (AvgIpc) is 3.67. The van der Waals surface area contributed by atoms with E-state index in [0.717, 1.165) is 60.5 Å². The molecule has 1 aromatic heterocycles. The van der Waals surface area contributed by atoms with E-state index in [-0.39, 0.29) is 35.6 Å². The first-order valence-electron chi connectivity index (χ1n) is 17.1. The average molecular weight is 657 g/mol. The Morgan fingerprint density at radius 3 is 2.38 bits per heavy atom. The molecule has 0 saturated carbocycles. The highest BCUT2D eigenvalue weighted by Crippen LogP contribution is 2.27. The molecule has 4 aliphatic heterocycles. The molecule has 5 aliphatic rings. The number of fused-ring (bicyclic) bond motifs is 1. The lowest BCUT2D eigenvalue weighted by Crippen LogP contribution is -2.50. The normalized spacial score (nSPS) is 21.4. The number of allylic oxidation sites excluding steroid dienone is 4. The summed E-state index contributed by atoms with van der Waals surface area (Å²) in [5, 5.41) is 9.49. The fraction of sp³-hybridized carbons (Fsp3) is 0.514. The fourth-order valence-corrected chi connectivity index (χ4v) is 6.83. The number of urea groups is 1. The fourth-order valence-electron chi connectivity index (χ4n) is 6.83. The van der Waals surface area contributed by atoms with Crippen LogP contribution in [-0.4, -0.2) is 111 Å². The van der Waals surface area contributed by atoms with Crippen molar-refractivity contribution < 1.29 is 24.0 Å². The molecule has 5 heterocycles. The summed E-state index contributed by atoms with van der Waals surface area (Å²) in [5.74, 6) is -0.342. The summed E-state index contributed by atoms with van der Waals surface area (Å²) >= 11 is 0. The van der Waals surface area contributed by atoms with E-state index in [2.05, 4.69) is 15.2 Å². The van der Waals surface area contributed by atoms with E-state index >= 15 is 0 Å². The molecule has 1 N–H and O–H groups in total. The molecule has 6 rings (SSSR count). The number of imide groups is 1. The first-order chi connectivity index (χ1) is 23.2. The monoisotopic (exact) mass is 656 g/mol. The van der Waals surface area contributed by atoms with Gasteiger partial charge in [-0.1, -0.05) is 19.4 Å². The molecule has 48 heavy (non-hydrogen) atoms. The maximum Gasteiger partial charge on any atom is 0.322 e. The maximum absolute atomic E-state index is 12.9. The van der Waals surface area contributed by atoms with Gasteiger partial charge in [-0.25, -0.2) is 9.80 Å². The molecular formula is C35H44N8O5. The van der Waals surface area contributed by atoms with Crippen LogP contribution >= 0.6 is 0 Å². The highest BCUT2D eigenvalue weighted by Gasteiger charge is 2.31. The number of hydrogen-bond donors (Lipinski definition) is 1. The Morgan fingerprint density at radius 1 is 0.875 bits per heavy atom. The minimum absolute atomic E-state index is 0.0245. The smallest absolute Gasteiger partial charge is 0.322 e. The molecule has 1 aliphatic carbocycles. The van der Waals surface area contributed by atoms with Crippen molar-refractivity contribution in [2.75, 3.05) is 45.8 Å². The van der Waals surface area contributed by atoms with Crippen LogP contribution in [-0.2, 0) is 32.3 Å². The first-order valence-corrected chi connectivity index (χ1v) is 17.1. The van der Waals surface area contributed by atoms with Crippen LogP contribution in [0.15, 0.2) is 59.1 Å². The van der Waals surface area contributed by atoms with Gasteiger partial charge in [0.15, 0.2) is 0 Å². The quantitative estimate of drug-likeness (QED) is 0.285. The number of rotatable bonds is 11. The van der Waals surface area contributed by atoms with Gasteiger partial charge >= 0.3 is 6.03 Å². The molecule has 1 saturated heterocycles. The van der Waals surface area contributed by atoms with Gasteiger partial charge in [0.2, 0.25) is 11.8 Å². The molecule has 13 nitrogen and oxygen atoms in total. The number of carbonyl (C=O) groups excluding carboxylic acids is 5. The summed E-state index contributed by atoms with van der Waals surface area (Å²) in [6, 6.07) is 1.85. The Kier molecular flexibility index (Phi) is 10.4. The molecular weight excluding hydrogens is 612 g/mol. The van der Waals surface area contributed by atoms with Crippen molar-refractivity contribution in [3.63, 3.8) is 0 Å². The topological polar surface area (TPSA) is 139 Å². The van der Waals surface area contributed by atoms with Gasteiger partial charge in [-0.3, -0.25) is 34.0 Å². The third-order valence-electron chi connectivity index (χ3n) is 9.75. The zero-order chi connectivity index (χ0) is 33.6. The Hall–Kier alpha value is -4.65. The predicted molar refractivity (Wildman–Crippen MR) is 178 cm³/mol. The predicted octanol–water partition coefficient (Wildman–Crippen LogP) is 2.56. The Bertz CT molecular complexity index is 1530. The van der Waals surface area contributed by atoms with Crippen molar-refractivity contribution in [2.45, 2.75) is 65.0 Å². The highest BCUT2D eigenvalue weighted by atomic mass is 16.2. The van der Waals surface area contributed by atoms with E-state index in [0.29, 0.717) is 71.5 Å². The number of piperazine rings is 1. The number of unbranched alkanes of at least 4 members (excludes halogenated alkanes) is 2. The van der Waals surface area contributed by atoms with Gasteiger partial charge in [-0.2, -0.15) is 5.10 Å². The summed E-state index contributed by atoms with van der Waals surface area (Å²) < 4.78 is 0. The van der Waals surface area contributed by atoms with Crippen molar-refractivity contribution in [1.29, 1.82) is 0 Å². The molecule has 1 unspecified atom stereocenters. The Balaban J connectivity index is 0.920. The second-order valence-corrected chi connectivity index (χ2v) is 13.1. The SMILES string of the molecule is CC1CC(=O)N(CCN2CCN(C(=O)CCCCCN3C(=O)C=CC3=O)CC2)N=C1C1=CC=C(NC(=O)N2Cc3ccncc3C2)CC1. The van der Waals surface area contributed by atoms with Crippen LogP contribution < -0.4 is 5.32 Å².